The molecule has 0 saturated carbocycles. The highest BCUT2D eigenvalue weighted by Crippen LogP contribution is 2.33. The number of anilines is 2. The second-order valence-corrected chi connectivity index (χ2v) is 4.65. The molecular weight excluding hydrogens is 267 g/mol. The number of hydrogen-bond acceptors (Lipinski definition) is 7. The van der Waals surface area contributed by atoms with E-state index in [1.807, 2.05) is 0 Å². The Kier molecular flexibility index (Phi) is 3.14. The van der Waals surface area contributed by atoms with Gasteiger partial charge in [0.25, 0.3) is 0 Å². The molecule has 0 unspecified atom stereocenters. The van der Waals surface area contributed by atoms with Gasteiger partial charge >= 0.3 is 0 Å². The van der Waals surface area contributed by atoms with Gasteiger partial charge in [-0.2, -0.15) is 9.97 Å². The van der Waals surface area contributed by atoms with Crippen molar-refractivity contribution in [1.82, 2.24) is 19.5 Å². The van der Waals surface area contributed by atoms with E-state index >= 15 is 0 Å². The molecule has 3 atom stereocenters. The lowest BCUT2D eigenvalue weighted by atomic mass is 10.2. The molecule has 3 heterocycles. The number of nitrogens with zero attached hydrogens (tertiary/aromatic N) is 4. The monoisotopic (exact) mass is 282 g/mol. The molecule has 20 heavy (non-hydrogen) atoms. The first kappa shape index (κ1) is 13.0. The molecule has 0 spiro atoms. The Bertz CT molecular complexity index is 633. The normalized spacial score (nSPS) is 26.4. The molecule has 1 aliphatic heterocycles. The van der Waals surface area contributed by atoms with Gasteiger partial charge in [0.15, 0.2) is 17.7 Å². The summed E-state index contributed by atoms with van der Waals surface area (Å²) < 4.78 is 26.2. The zero-order valence-corrected chi connectivity index (χ0v) is 10.9. The molecular formula is C11H15FN6O2. The van der Waals surface area contributed by atoms with Crippen molar-refractivity contribution in [2.75, 3.05) is 25.2 Å². The lowest BCUT2D eigenvalue weighted by molar-refractivity contribution is -0.0423. The van der Waals surface area contributed by atoms with Gasteiger partial charge in [0.05, 0.1) is 19.0 Å². The van der Waals surface area contributed by atoms with Gasteiger partial charge in [-0.25, -0.2) is 9.37 Å². The third-order valence-corrected chi connectivity index (χ3v) is 3.22. The zero-order chi connectivity index (χ0) is 14.3. The second-order valence-electron chi connectivity index (χ2n) is 4.65. The Balaban J connectivity index is 1.98. The fourth-order valence-electron chi connectivity index (χ4n) is 2.38. The van der Waals surface area contributed by atoms with Crippen molar-refractivity contribution >= 4 is 22.9 Å². The molecule has 0 bridgehead atoms. The molecule has 0 aliphatic carbocycles. The van der Waals surface area contributed by atoms with Gasteiger partial charge in [0, 0.05) is 13.5 Å². The van der Waals surface area contributed by atoms with Gasteiger partial charge in [-0.3, -0.25) is 4.57 Å². The van der Waals surface area contributed by atoms with Crippen LogP contribution in [-0.4, -0.2) is 45.5 Å². The van der Waals surface area contributed by atoms with Crippen LogP contribution in [0.15, 0.2) is 6.33 Å². The van der Waals surface area contributed by atoms with Crippen molar-refractivity contribution in [2.45, 2.75) is 24.9 Å². The maximum atomic E-state index is 14.1. The van der Waals surface area contributed by atoms with E-state index < -0.39 is 12.4 Å². The molecule has 2 aromatic heterocycles. The molecule has 0 radical (unpaired) electrons. The predicted molar refractivity (Wildman–Crippen MR) is 69.4 cm³/mol. The molecule has 108 valence electrons. The molecule has 9 heteroatoms. The molecule has 4 N–H and O–H groups in total. The van der Waals surface area contributed by atoms with Gasteiger partial charge in [0.1, 0.15) is 11.7 Å². The number of nitrogen functional groups attached to an aromatic ring is 2. The molecule has 2 aromatic rings. The summed E-state index contributed by atoms with van der Waals surface area (Å²) in [6, 6.07) is 0. The summed E-state index contributed by atoms with van der Waals surface area (Å²) in [5.41, 5.74) is 12.0. The Labute approximate surface area is 113 Å². The maximum absolute atomic E-state index is 14.1. The summed E-state index contributed by atoms with van der Waals surface area (Å²) in [5, 5.41) is 0. The summed E-state index contributed by atoms with van der Waals surface area (Å²) in [6.45, 7) is 0.336. The van der Waals surface area contributed by atoms with Gasteiger partial charge in [-0.05, 0) is 0 Å². The van der Waals surface area contributed by atoms with Crippen molar-refractivity contribution in [2.24, 2.45) is 0 Å². The number of alkyl halides is 1. The maximum Gasteiger partial charge on any atom is 0.224 e. The van der Waals surface area contributed by atoms with Crippen molar-refractivity contribution in [3.05, 3.63) is 6.33 Å². The Hall–Kier alpha value is -2.00. The number of methoxy groups -OCH3 is 1. The molecule has 3 rings (SSSR count). The summed E-state index contributed by atoms with van der Waals surface area (Å²) in [4.78, 5) is 12.0. The molecule has 0 aromatic carbocycles. The molecule has 1 aliphatic rings. The first-order valence-electron chi connectivity index (χ1n) is 6.14. The fourth-order valence-corrected chi connectivity index (χ4v) is 2.38. The Morgan fingerprint density at radius 2 is 2.30 bits per heavy atom. The zero-order valence-electron chi connectivity index (χ0n) is 10.9. The lowest BCUT2D eigenvalue weighted by Gasteiger charge is -2.15. The van der Waals surface area contributed by atoms with E-state index in [0.717, 1.165) is 0 Å². The number of fused-ring (bicyclic) bond motifs is 1. The van der Waals surface area contributed by atoms with Crippen LogP contribution >= 0.6 is 0 Å². The SMILES string of the molecule is COC[C@@H]1C[C@@H](F)[C@H](n2cnc3c(N)nc(N)nc32)O1. The highest BCUT2D eigenvalue weighted by atomic mass is 19.1. The highest BCUT2D eigenvalue weighted by molar-refractivity contribution is 5.82. The Morgan fingerprint density at radius 1 is 1.50 bits per heavy atom. The predicted octanol–water partition coefficient (Wildman–Crippen LogP) is 0.263. The smallest absolute Gasteiger partial charge is 0.224 e. The minimum Gasteiger partial charge on any atom is -0.382 e. The van der Waals surface area contributed by atoms with Crippen LogP contribution in [0.2, 0.25) is 0 Å². The van der Waals surface area contributed by atoms with E-state index in [4.69, 9.17) is 20.9 Å². The number of ether oxygens (including phenoxy) is 2. The summed E-state index contributed by atoms with van der Waals surface area (Å²) in [5.74, 6) is 0.173. The minimum atomic E-state index is -1.18. The van der Waals surface area contributed by atoms with Gasteiger partial charge in [-0.15, -0.1) is 0 Å². The largest absolute Gasteiger partial charge is 0.382 e. The summed E-state index contributed by atoms with van der Waals surface area (Å²) in [7, 11) is 1.55. The first-order chi connectivity index (χ1) is 9.60. The fraction of sp³-hybridized carbons (Fsp3) is 0.545. The Morgan fingerprint density at radius 3 is 3.05 bits per heavy atom. The van der Waals surface area contributed by atoms with Gasteiger partial charge in [0.2, 0.25) is 5.95 Å². The first-order valence-corrected chi connectivity index (χ1v) is 6.14. The molecule has 1 saturated heterocycles. The average molecular weight is 282 g/mol. The van der Waals surface area contributed by atoms with Crippen molar-refractivity contribution < 1.29 is 13.9 Å². The van der Waals surface area contributed by atoms with E-state index in [-0.39, 0.29) is 24.3 Å². The quantitative estimate of drug-likeness (QED) is 0.830. The van der Waals surface area contributed by atoms with Gasteiger partial charge in [-0.1, -0.05) is 0 Å². The minimum absolute atomic E-state index is 0.0126. The van der Waals surface area contributed by atoms with E-state index in [2.05, 4.69) is 15.0 Å². The van der Waals surface area contributed by atoms with Crippen molar-refractivity contribution in [3.63, 3.8) is 0 Å². The van der Waals surface area contributed by atoms with Crippen LogP contribution in [-0.2, 0) is 9.47 Å². The van der Waals surface area contributed by atoms with Crippen LogP contribution in [0.5, 0.6) is 0 Å². The third-order valence-electron chi connectivity index (χ3n) is 3.22. The number of aromatic nitrogens is 4. The van der Waals surface area contributed by atoms with Crippen molar-refractivity contribution in [3.8, 4) is 0 Å². The van der Waals surface area contributed by atoms with Gasteiger partial charge < -0.3 is 20.9 Å². The molecule has 1 fully saturated rings. The average Bonchev–Trinajstić information content (AvgIpc) is 2.93. The van der Waals surface area contributed by atoms with Crippen molar-refractivity contribution in [1.29, 1.82) is 0 Å². The van der Waals surface area contributed by atoms with Crippen LogP contribution in [0, 0.1) is 0 Å². The van der Waals surface area contributed by atoms with E-state index in [1.54, 1.807) is 7.11 Å². The van der Waals surface area contributed by atoms with E-state index in [1.165, 1.54) is 10.9 Å². The number of halogens is 1. The van der Waals surface area contributed by atoms with E-state index in [0.29, 0.717) is 17.8 Å². The lowest BCUT2D eigenvalue weighted by Crippen LogP contribution is -2.17. The highest BCUT2D eigenvalue weighted by Gasteiger charge is 2.37. The van der Waals surface area contributed by atoms with E-state index in [9.17, 15) is 4.39 Å². The molecule has 8 nitrogen and oxygen atoms in total. The van der Waals surface area contributed by atoms with Crippen LogP contribution < -0.4 is 11.5 Å². The summed E-state index contributed by atoms with van der Waals surface area (Å²) >= 11 is 0. The van der Waals surface area contributed by atoms with Crippen LogP contribution in [0.4, 0.5) is 16.2 Å². The number of hydrogen-bond donors (Lipinski definition) is 2. The second kappa shape index (κ2) is 4.84. The topological polar surface area (TPSA) is 114 Å². The third kappa shape index (κ3) is 2.04. The van der Waals surface area contributed by atoms with Crippen LogP contribution in [0.25, 0.3) is 11.2 Å². The number of imidazole rings is 1. The van der Waals surface area contributed by atoms with Crippen LogP contribution in [0.1, 0.15) is 12.6 Å². The molecule has 0 amide bonds. The standard InChI is InChI=1S/C11H15FN6O2/c1-19-3-5-2-6(12)10(20-5)18-4-15-7-8(13)16-11(14)17-9(7)18/h4-6,10H,2-3H2,1H3,(H4,13,14,16,17)/t5-,6+,10+/m0/s1. The summed E-state index contributed by atoms with van der Waals surface area (Å²) in [6.07, 6.45) is -0.594. The number of rotatable bonds is 3. The number of nitrogens with two attached hydrogens (primary N) is 2. The van der Waals surface area contributed by atoms with Crippen LogP contribution in [0.3, 0.4) is 0 Å².